The van der Waals surface area contributed by atoms with Crippen LogP contribution in [-0.2, 0) is 0 Å². The number of benzene rings is 1. The Morgan fingerprint density at radius 1 is 1.38 bits per heavy atom. The van der Waals surface area contributed by atoms with Gasteiger partial charge in [0, 0.05) is 9.61 Å². The van der Waals surface area contributed by atoms with E-state index < -0.39 is 0 Å². The van der Waals surface area contributed by atoms with Gasteiger partial charge in [0.05, 0.1) is 23.0 Å². The molecule has 0 saturated carbocycles. The summed E-state index contributed by atoms with van der Waals surface area (Å²) in [5, 5.41) is 8.71. The lowest BCUT2D eigenvalue weighted by Crippen LogP contribution is -2.26. The second-order valence-corrected chi connectivity index (χ2v) is 6.87. The van der Waals surface area contributed by atoms with E-state index in [1.54, 1.807) is 6.20 Å². The largest absolute Gasteiger partial charge is 0.305 e. The topological polar surface area (TPSA) is 29.9 Å². The molecule has 0 bridgehead atoms. The first kappa shape index (κ1) is 16.8. The fourth-order valence-corrected chi connectivity index (χ4v) is 3.39. The van der Waals surface area contributed by atoms with E-state index in [1.807, 2.05) is 4.68 Å². The summed E-state index contributed by atoms with van der Waals surface area (Å²) in [6.07, 6.45) is 1.74. The van der Waals surface area contributed by atoms with Gasteiger partial charge in [-0.15, -0.1) is 0 Å². The fourth-order valence-electron chi connectivity index (χ4n) is 2.48. The zero-order chi connectivity index (χ0) is 15.6. The Hall–Kier alpha value is -0.590. The molecule has 1 N–H and O–H groups in total. The number of aromatic nitrogens is 2. The molecule has 0 aliphatic heterocycles. The predicted octanol–water partition coefficient (Wildman–Crippen LogP) is 4.73. The molecule has 1 atom stereocenters. The highest BCUT2D eigenvalue weighted by atomic mass is 127. The van der Waals surface area contributed by atoms with Crippen molar-refractivity contribution < 1.29 is 0 Å². The molecule has 1 unspecified atom stereocenters. The summed E-state index contributed by atoms with van der Waals surface area (Å²) in [5.41, 5.74) is 3.57. The first-order chi connectivity index (χ1) is 9.97. The molecular weight excluding hydrogens is 397 g/mol. The van der Waals surface area contributed by atoms with Gasteiger partial charge in [-0.05, 0) is 61.0 Å². The van der Waals surface area contributed by atoms with E-state index in [9.17, 15) is 0 Å². The molecule has 0 aliphatic carbocycles. The number of rotatable bonds is 5. The fraction of sp³-hybridized carbons (Fsp3) is 0.438. The number of hydrogen-bond acceptors (Lipinski definition) is 2. The van der Waals surface area contributed by atoms with Crippen molar-refractivity contribution in [2.75, 3.05) is 6.54 Å². The van der Waals surface area contributed by atoms with Gasteiger partial charge in [-0.1, -0.05) is 36.7 Å². The maximum Gasteiger partial charge on any atom is 0.0837 e. The number of hydrogen-bond donors (Lipinski definition) is 1. The van der Waals surface area contributed by atoms with Crippen LogP contribution in [0.4, 0.5) is 0 Å². The van der Waals surface area contributed by atoms with Gasteiger partial charge in [0.1, 0.15) is 0 Å². The van der Waals surface area contributed by atoms with Gasteiger partial charge < -0.3 is 5.32 Å². The summed E-state index contributed by atoms with van der Waals surface area (Å²) in [4.78, 5) is 0. The van der Waals surface area contributed by atoms with Crippen LogP contribution < -0.4 is 5.32 Å². The third-order valence-corrected chi connectivity index (χ3v) is 5.26. The van der Waals surface area contributed by atoms with Gasteiger partial charge in [0.25, 0.3) is 0 Å². The van der Waals surface area contributed by atoms with Crippen molar-refractivity contribution in [1.82, 2.24) is 15.1 Å². The number of nitrogens with one attached hydrogen (secondary N) is 1. The lowest BCUT2D eigenvalue weighted by molar-refractivity contribution is 0.475. The van der Waals surface area contributed by atoms with Crippen molar-refractivity contribution >= 4 is 34.2 Å². The maximum absolute atomic E-state index is 6.44. The monoisotopic (exact) mass is 417 g/mol. The average molecular weight is 418 g/mol. The Kier molecular flexibility index (Phi) is 5.68. The molecule has 0 fully saturated rings. The predicted molar refractivity (Wildman–Crippen MR) is 97.0 cm³/mol. The lowest BCUT2D eigenvalue weighted by atomic mass is 10.0. The molecule has 21 heavy (non-hydrogen) atoms. The molecule has 0 aliphatic rings. The third-order valence-electron chi connectivity index (χ3n) is 3.49. The minimum absolute atomic E-state index is 0.0548. The Bertz CT molecular complexity index is 622. The summed E-state index contributed by atoms with van der Waals surface area (Å²) >= 11 is 8.85. The van der Waals surface area contributed by atoms with Gasteiger partial charge in [-0.25, -0.2) is 0 Å². The van der Waals surface area contributed by atoms with E-state index in [4.69, 9.17) is 11.6 Å². The smallest absolute Gasteiger partial charge is 0.0837 e. The highest BCUT2D eigenvalue weighted by Gasteiger charge is 2.24. The van der Waals surface area contributed by atoms with Crippen molar-refractivity contribution in [1.29, 1.82) is 0 Å². The number of halogens is 2. The summed E-state index contributed by atoms with van der Waals surface area (Å²) in [5.74, 6) is 0. The number of nitrogens with zero attached hydrogens (tertiary/aromatic N) is 2. The van der Waals surface area contributed by atoms with E-state index >= 15 is 0 Å². The minimum Gasteiger partial charge on any atom is -0.305 e. The van der Waals surface area contributed by atoms with Gasteiger partial charge >= 0.3 is 0 Å². The highest BCUT2D eigenvalue weighted by molar-refractivity contribution is 14.1. The lowest BCUT2D eigenvalue weighted by Gasteiger charge is -2.23. The van der Waals surface area contributed by atoms with Crippen LogP contribution in [0, 0.1) is 10.5 Å². The molecular formula is C16H21ClIN3. The van der Waals surface area contributed by atoms with Crippen molar-refractivity contribution in [2.45, 2.75) is 39.8 Å². The highest BCUT2D eigenvalue weighted by Crippen LogP contribution is 2.33. The van der Waals surface area contributed by atoms with Crippen LogP contribution >= 0.6 is 34.2 Å². The van der Waals surface area contributed by atoms with Crippen molar-refractivity contribution in [2.24, 2.45) is 0 Å². The minimum atomic E-state index is 0.0548. The number of aryl methyl sites for hydroxylation is 1. The summed E-state index contributed by atoms with van der Waals surface area (Å²) < 4.78 is 3.28. The van der Waals surface area contributed by atoms with Crippen molar-refractivity contribution in [3.05, 3.63) is 49.8 Å². The van der Waals surface area contributed by atoms with E-state index in [0.29, 0.717) is 5.02 Å². The van der Waals surface area contributed by atoms with Crippen LogP contribution in [0.3, 0.4) is 0 Å². The average Bonchev–Trinajstić information content (AvgIpc) is 2.82. The van der Waals surface area contributed by atoms with E-state index in [-0.39, 0.29) is 12.1 Å². The zero-order valence-electron chi connectivity index (χ0n) is 12.8. The Morgan fingerprint density at radius 2 is 2.10 bits per heavy atom. The second-order valence-electron chi connectivity index (χ2n) is 5.38. The molecule has 0 saturated heterocycles. The van der Waals surface area contributed by atoms with E-state index in [1.165, 1.54) is 14.7 Å². The quantitative estimate of drug-likeness (QED) is 0.713. The summed E-state index contributed by atoms with van der Waals surface area (Å²) in [6, 6.07) is 6.72. The van der Waals surface area contributed by atoms with Gasteiger partial charge in [0.2, 0.25) is 0 Å². The van der Waals surface area contributed by atoms with Crippen molar-refractivity contribution in [3.8, 4) is 0 Å². The standard InChI is InChI=1S/C16H21ClIN3/c1-5-19-15(12-8-6-7-11(4)14(12)18)16-13(17)9-20-21(16)10(2)3/h6-10,15,19H,5H2,1-4H3. The van der Waals surface area contributed by atoms with Crippen LogP contribution in [0.2, 0.25) is 5.02 Å². The molecule has 114 valence electrons. The van der Waals surface area contributed by atoms with Gasteiger partial charge in [-0.2, -0.15) is 5.10 Å². The molecule has 1 heterocycles. The first-order valence-electron chi connectivity index (χ1n) is 7.18. The first-order valence-corrected chi connectivity index (χ1v) is 8.64. The Balaban J connectivity index is 2.59. The van der Waals surface area contributed by atoms with Crippen LogP contribution in [0.25, 0.3) is 0 Å². The van der Waals surface area contributed by atoms with Crippen molar-refractivity contribution in [3.63, 3.8) is 0 Å². The van der Waals surface area contributed by atoms with Crippen LogP contribution in [0.15, 0.2) is 24.4 Å². The van der Waals surface area contributed by atoms with E-state index in [0.717, 1.165) is 12.2 Å². The summed E-state index contributed by atoms with van der Waals surface area (Å²) in [6.45, 7) is 9.36. The molecule has 5 heteroatoms. The third kappa shape index (κ3) is 3.43. The second kappa shape index (κ2) is 7.11. The normalized spacial score (nSPS) is 12.9. The molecule has 3 nitrogen and oxygen atoms in total. The van der Waals surface area contributed by atoms with Crippen LogP contribution in [-0.4, -0.2) is 16.3 Å². The van der Waals surface area contributed by atoms with Gasteiger partial charge in [0.15, 0.2) is 0 Å². The molecule has 0 amide bonds. The summed E-state index contributed by atoms with van der Waals surface area (Å²) in [7, 11) is 0. The Labute approximate surface area is 145 Å². The van der Waals surface area contributed by atoms with Crippen LogP contribution in [0.5, 0.6) is 0 Å². The molecule has 2 rings (SSSR count). The molecule has 1 aromatic heterocycles. The van der Waals surface area contributed by atoms with Gasteiger partial charge in [-0.3, -0.25) is 4.68 Å². The zero-order valence-corrected chi connectivity index (χ0v) is 15.7. The Morgan fingerprint density at radius 3 is 2.71 bits per heavy atom. The molecule has 1 aromatic carbocycles. The van der Waals surface area contributed by atoms with E-state index in [2.05, 4.69) is 78.9 Å². The molecule has 0 spiro atoms. The molecule has 2 aromatic rings. The van der Waals surface area contributed by atoms with Crippen LogP contribution in [0.1, 0.15) is 49.7 Å². The SMILES string of the molecule is CCNC(c1cccc(C)c1I)c1c(Cl)cnn1C(C)C. The maximum atomic E-state index is 6.44. The molecule has 0 radical (unpaired) electrons.